The van der Waals surface area contributed by atoms with Gasteiger partial charge < -0.3 is 20.5 Å². The van der Waals surface area contributed by atoms with Crippen LogP contribution in [-0.4, -0.2) is 48.5 Å². The van der Waals surface area contributed by atoms with Crippen molar-refractivity contribution in [1.82, 2.24) is 15.6 Å². The molecule has 0 amide bonds. The van der Waals surface area contributed by atoms with Crippen LogP contribution in [0.3, 0.4) is 0 Å². The second-order valence-corrected chi connectivity index (χ2v) is 6.60. The fraction of sp³-hybridized carbons (Fsp3) is 0.684. The number of halogens is 4. The first-order valence-electron chi connectivity index (χ1n) is 9.55. The largest absolute Gasteiger partial charge is 0.468 e. The molecule has 168 valence electrons. The summed E-state index contributed by atoms with van der Waals surface area (Å²) in [6.45, 7) is 6.23. The van der Waals surface area contributed by atoms with E-state index in [9.17, 15) is 18.3 Å². The first-order chi connectivity index (χ1) is 13.3. The van der Waals surface area contributed by atoms with Gasteiger partial charge in [0.2, 0.25) is 5.88 Å². The van der Waals surface area contributed by atoms with Crippen molar-refractivity contribution in [3.05, 3.63) is 23.9 Å². The molecule has 0 unspecified atom stereocenters. The van der Waals surface area contributed by atoms with Crippen LogP contribution in [0.5, 0.6) is 5.88 Å². The van der Waals surface area contributed by atoms with E-state index in [-0.39, 0.29) is 48.4 Å². The van der Waals surface area contributed by atoms with Gasteiger partial charge in [0.25, 0.3) is 0 Å². The van der Waals surface area contributed by atoms with Gasteiger partial charge in [-0.15, -0.1) is 24.0 Å². The predicted molar refractivity (Wildman–Crippen MR) is 119 cm³/mol. The Morgan fingerprint density at radius 3 is 2.45 bits per heavy atom. The molecule has 0 radical (unpaired) electrons. The molecule has 1 aromatic heterocycles. The van der Waals surface area contributed by atoms with Crippen LogP contribution in [0.25, 0.3) is 0 Å². The van der Waals surface area contributed by atoms with Gasteiger partial charge in [0.15, 0.2) is 12.6 Å². The Labute approximate surface area is 187 Å². The molecule has 10 heteroatoms. The van der Waals surface area contributed by atoms with Crippen LogP contribution < -0.4 is 15.4 Å². The molecule has 0 spiro atoms. The molecule has 1 aromatic rings. The summed E-state index contributed by atoms with van der Waals surface area (Å²) in [7, 11) is 0. The third kappa shape index (κ3) is 10.3. The molecule has 0 atom stereocenters. The Morgan fingerprint density at radius 2 is 1.90 bits per heavy atom. The van der Waals surface area contributed by atoms with Gasteiger partial charge in [0.05, 0.1) is 6.54 Å². The number of nitrogens with zero attached hydrogens (tertiary/aromatic N) is 2. The van der Waals surface area contributed by atoms with Crippen molar-refractivity contribution in [2.45, 2.75) is 52.8 Å². The van der Waals surface area contributed by atoms with Gasteiger partial charge in [0.1, 0.15) is 0 Å². The number of ether oxygens (including phenoxy) is 1. The number of rotatable bonds is 11. The van der Waals surface area contributed by atoms with E-state index in [1.165, 1.54) is 6.20 Å². The summed E-state index contributed by atoms with van der Waals surface area (Å²) in [6, 6.07) is 3.27. The zero-order chi connectivity index (χ0) is 21.0. The number of aliphatic imine (C=N–C) groups is 1. The van der Waals surface area contributed by atoms with Crippen molar-refractivity contribution < 1.29 is 23.0 Å². The standard InChI is InChI=1S/C19H31F3N4O2.HI/c1-4-18(5-2,9-11-27)13-26-17(23-6-3)25-12-15-8-7-10-24-16(15)28-14-19(20,21)22;/h7-8,10,27H,4-6,9,11-14H2,1-3H3,(H2,23,25,26);1H. The maximum Gasteiger partial charge on any atom is 0.422 e. The molecule has 6 nitrogen and oxygen atoms in total. The number of pyridine rings is 1. The first-order valence-corrected chi connectivity index (χ1v) is 9.55. The van der Waals surface area contributed by atoms with Crippen LogP contribution >= 0.6 is 24.0 Å². The third-order valence-electron chi connectivity index (χ3n) is 4.75. The molecule has 1 rings (SSSR count). The van der Waals surface area contributed by atoms with Gasteiger partial charge in [-0.2, -0.15) is 13.2 Å². The van der Waals surface area contributed by atoms with Gasteiger partial charge in [-0.1, -0.05) is 19.9 Å². The second-order valence-electron chi connectivity index (χ2n) is 6.60. The summed E-state index contributed by atoms with van der Waals surface area (Å²) in [5.41, 5.74) is 0.428. The first kappa shape index (κ1) is 27.7. The van der Waals surface area contributed by atoms with Gasteiger partial charge >= 0.3 is 6.18 Å². The zero-order valence-electron chi connectivity index (χ0n) is 17.2. The molecular weight excluding hydrogens is 500 g/mol. The number of hydrogen-bond acceptors (Lipinski definition) is 4. The van der Waals surface area contributed by atoms with Crippen molar-refractivity contribution in [3.8, 4) is 5.88 Å². The van der Waals surface area contributed by atoms with Gasteiger partial charge in [-0.3, -0.25) is 0 Å². The highest BCUT2D eigenvalue weighted by molar-refractivity contribution is 14.0. The quantitative estimate of drug-likeness (QED) is 0.229. The molecule has 0 bridgehead atoms. The van der Waals surface area contributed by atoms with E-state index in [0.29, 0.717) is 31.0 Å². The van der Waals surface area contributed by atoms with Crippen LogP contribution in [0.4, 0.5) is 13.2 Å². The molecule has 1 heterocycles. The van der Waals surface area contributed by atoms with E-state index in [1.807, 2.05) is 6.92 Å². The molecule has 0 saturated carbocycles. The second kappa shape index (κ2) is 13.8. The fourth-order valence-corrected chi connectivity index (χ4v) is 2.78. The van der Waals surface area contributed by atoms with Gasteiger partial charge in [-0.25, -0.2) is 9.98 Å². The summed E-state index contributed by atoms with van der Waals surface area (Å²) in [5, 5.41) is 15.8. The fourth-order valence-electron chi connectivity index (χ4n) is 2.78. The van der Waals surface area contributed by atoms with Crippen molar-refractivity contribution in [1.29, 1.82) is 0 Å². The van der Waals surface area contributed by atoms with Crippen molar-refractivity contribution >= 4 is 29.9 Å². The molecule has 29 heavy (non-hydrogen) atoms. The Kier molecular flexibility index (Phi) is 13.2. The number of nitrogens with one attached hydrogen (secondary N) is 2. The Balaban J connectivity index is 0.00000784. The lowest BCUT2D eigenvalue weighted by Gasteiger charge is -2.32. The van der Waals surface area contributed by atoms with E-state index in [4.69, 9.17) is 4.74 Å². The minimum atomic E-state index is -4.43. The Bertz CT molecular complexity index is 611. The number of alkyl halides is 3. The number of aromatic nitrogens is 1. The van der Waals surface area contributed by atoms with Crippen LogP contribution in [0.2, 0.25) is 0 Å². The van der Waals surface area contributed by atoms with Crippen molar-refractivity contribution in [2.75, 3.05) is 26.3 Å². The SMILES string of the molecule is CCNC(=NCc1cccnc1OCC(F)(F)F)NCC(CC)(CC)CCO.I. The number of aliphatic hydroxyl groups is 1. The Morgan fingerprint density at radius 1 is 1.21 bits per heavy atom. The normalized spacial score (nSPS) is 12.3. The van der Waals surface area contributed by atoms with E-state index >= 15 is 0 Å². The van der Waals surface area contributed by atoms with Gasteiger partial charge in [-0.05, 0) is 37.7 Å². The third-order valence-corrected chi connectivity index (χ3v) is 4.75. The molecule has 0 aliphatic carbocycles. The van der Waals surface area contributed by atoms with Crippen LogP contribution in [0.15, 0.2) is 23.3 Å². The maximum absolute atomic E-state index is 12.4. The lowest BCUT2D eigenvalue weighted by molar-refractivity contribution is -0.154. The molecule has 0 aliphatic heterocycles. The monoisotopic (exact) mass is 532 g/mol. The number of guanidine groups is 1. The van der Waals surface area contributed by atoms with E-state index in [0.717, 1.165) is 12.8 Å². The lowest BCUT2D eigenvalue weighted by atomic mass is 9.79. The van der Waals surface area contributed by atoms with E-state index in [2.05, 4.69) is 34.5 Å². The highest BCUT2D eigenvalue weighted by atomic mass is 127. The highest BCUT2D eigenvalue weighted by Gasteiger charge is 2.29. The zero-order valence-corrected chi connectivity index (χ0v) is 19.5. The lowest BCUT2D eigenvalue weighted by Crippen LogP contribution is -2.43. The van der Waals surface area contributed by atoms with Gasteiger partial charge in [0, 0.05) is 31.5 Å². The predicted octanol–water partition coefficient (Wildman–Crippen LogP) is 3.88. The number of aliphatic hydroxyl groups excluding tert-OH is 1. The molecule has 0 aliphatic rings. The smallest absolute Gasteiger partial charge is 0.422 e. The van der Waals surface area contributed by atoms with Crippen molar-refractivity contribution in [2.24, 2.45) is 10.4 Å². The van der Waals surface area contributed by atoms with E-state index in [1.54, 1.807) is 12.1 Å². The molecule has 0 aromatic carbocycles. The summed E-state index contributed by atoms with van der Waals surface area (Å²) in [6.07, 6.45) is -0.535. The topological polar surface area (TPSA) is 78.8 Å². The maximum atomic E-state index is 12.4. The summed E-state index contributed by atoms with van der Waals surface area (Å²) in [4.78, 5) is 8.33. The number of hydrogen-bond donors (Lipinski definition) is 3. The highest BCUT2D eigenvalue weighted by Crippen LogP contribution is 2.29. The van der Waals surface area contributed by atoms with E-state index < -0.39 is 12.8 Å². The Hall–Kier alpha value is -1.30. The molecular formula is C19H32F3IN4O2. The average molecular weight is 532 g/mol. The van der Waals surface area contributed by atoms with Crippen LogP contribution in [0.1, 0.15) is 45.6 Å². The van der Waals surface area contributed by atoms with Crippen LogP contribution in [0, 0.1) is 5.41 Å². The molecule has 0 fully saturated rings. The average Bonchev–Trinajstić information content (AvgIpc) is 2.67. The summed E-state index contributed by atoms with van der Waals surface area (Å²) < 4.78 is 42.0. The van der Waals surface area contributed by atoms with Crippen LogP contribution in [-0.2, 0) is 6.54 Å². The minimum absolute atomic E-state index is 0. The summed E-state index contributed by atoms with van der Waals surface area (Å²) >= 11 is 0. The molecule has 0 saturated heterocycles. The summed E-state index contributed by atoms with van der Waals surface area (Å²) in [5.74, 6) is 0.480. The van der Waals surface area contributed by atoms with Crippen molar-refractivity contribution in [3.63, 3.8) is 0 Å². The minimum Gasteiger partial charge on any atom is -0.468 e. The molecule has 3 N–H and O–H groups in total.